The summed E-state index contributed by atoms with van der Waals surface area (Å²) in [6.07, 6.45) is 0.699. The summed E-state index contributed by atoms with van der Waals surface area (Å²) < 4.78 is 11.3. The summed E-state index contributed by atoms with van der Waals surface area (Å²) in [6, 6.07) is 21.3. The SMILES string of the molecule is Cc1cccc(COc2ccc(C(O)=C3C(=O)C(=O)N(CCCN4CCOCC4)C3c3ccc(Cl)cc3)cc2)c1. The summed E-state index contributed by atoms with van der Waals surface area (Å²) in [4.78, 5) is 30.4. The van der Waals surface area contributed by atoms with E-state index in [1.807, 2.05) is 25.1 Å². The second-order valence-corrected chi connectivity index (χ2v) is 10.6. The van der Waals surface area contributed by atoms with Gasteiger partial charge in [0.1, 0.15) is 18.1 Å². The molecule has 2 saturated heterocycles. The Hall–Kier alpha value is -3.65. The number of Topliss-reactive ketones (excluding diaryl/α,β-unsaturated/α-hetero) is 1. The summed E-state index contributed by atoms with van der Waals surface area (Å²) in [5, 5.41) is 11.9. The maximum atomic E-state index is 13.3. The molecular weight excluding hydrogens is 528 g/mol. The fourth-order valence-corrected chi connectivity index (χ4v) is 5.35. The van der Waals surface area contributed by atoms with Crippen LogP contribution in [0.3, 0.4) is 0 Å². The van der Waals surface area contributed by atoms with Gasteiger partial charge in [0.25, 0.3) is 11.7 Å². The van der Waals surface area contributed by atoms with Gasteiger partial charge in [0, 0.05) is 36.8 Å². The molecule has 1 unspecified atom stereocenters. The number of hydrogen-bond acceptors (Lipinski definition) is 6. The molecule has 0 bridgehead atoms. The number of aliphatic hydroxyl groups excluding tert-OH is 1. The van der Waals surface area contributed by atoms with Gasteiger partial charge in [-0.25, -0.2) is 0 Å². The number of likely N-dealkylation sites (tertiary alicyclic amines) is 1. The molecule has 40 heavy (non-hydrogen) atoms. The van der Waals surface area contributed by atoms with Gasteiger partial charge in [0.2, 0.25) is 0 Å². The first-order valence-corrected chi connectivity index (χ1v) is 13.9. The number of nitrogens with zero attached hydrogens (tertiary/aromatic N) is 2. The third kappa shape index (κ3) is 6.39. The fourth-order valence-electron chi connectivity index (χ4n) is 5.22. The van der Waals surface area contributed by atoms with Crippen molar-refractivity contribution in [2.45, 2.75) is 26.0 Å². The van der Waals surface area contributed by atoms with Crippen molar-refractivity contribution in [1.29, 1.82) is 0 Å². The van der Waals surface area contributed by atoms with Crippen molar-refractivity contribution in [3.05, 3.63) is 106 Å². The number of aliphatic hydroxyl groups is 1. The highest BCUT2D eigenvalue weighted by Crippen LogP contribution is 2.40. The number of carbonyl (C=O) groups is 2. The lowest BCUT2D eigenvalue weighted by Crippen LogP contribution is -2.38. The number of hydrogen-bond donors (Lipinski definition) is 1. The number of carbonyl (C=O) groups excluding carboxylic acids is 2. The molecule has 1 amide bonds. The number of amides is 1. The lowest BCUT2D eigenvalue weighted by Gasteiger charge is -2.29. The van der Waals surface area contributed by atoms with E-state index in [-0.39, 0.29) is 11.3 Å². The summed E-state index contributed by atoms with van der Waals surface area (Å²) >= 11 is 6.13. The van der Waals surface area contributed by atoms with Crippen molar-refractivity contribution in [3.8, 4) is 5.75 Å². The first-order chi connectivity index (χ1) is 19.4. The second-order valence-electron chi connectivity index (χ2n) is 10.2. The van der Waals surface area contributed by atoms with E-state index in [1.54, 1.807) is 53.4 Å². The van der Waals surface area contributed by atoms with Gasteiger partial charge in [-0.05, 0) is 60.9 Å². The topological polar surface area (TPSA) is 79.3 Å². The molecule has 5 rings (SSSR count). The molecule has 3 aromatic carbocycles. The van der Waals surface area contributed by atoms with Gasteiger partial charge in [-0.2, -0.15) is 0 Å². The Morgan fingerprint density at radius 3 is 2.42 bits per heavy atom. The third-order valence-electron chi connectivity index (χ3n) is 7.32. The Balaban J connectivity index is 1.38. The first kappa shape index (κ1) is 27.9. The summed E-state index contributed by atoms with van der Waals surface area (Å²) in [5.74, 6) is -0.875. The molecule has 3 aromatic rings. The molecule has 0 saturated carbocycles. The molecule has 0 spiro atoms. The Bertz CT molecular complexity index is 1380. The molecule has 0 radical (unpaired) electrons. The van der Waals surface area contributed by atoms with E-state index in [2.05, 4.69) is 11.0 Å². The minimum atomic E-state index is -0.709. The van der Waals surface area contributed by atoms with E-state index in [0.717, 1.165) is 36.3 Å². The molecule has 2 heterocycles. The minimum absolute atomic E-state index is 0.0760. The molecule has 0 aromatic heterocycles. The number of ether oxygens (including phenoxy) is 2. The van der Waals surface area contributed by atoms with Crippen LogP contribution in [0.2, 0.25) is 5.02 Å². The largest absolute Gasteiger partial charge is 0.507 e. The van der Waals surface area contributed by atoms with Crippen molar-refractivity contribution >= 4 is 29.1 Å². The molecule has 0 aliphatic carbocycles. The van der Waals surface area contributed by atoms with Crippen molar-refractivity contribution in [2.75, 3.05) is 39.4 Å². The van der Waals surface area contributed by atoms with Gasteiger partial charge >= 0.3 is 0 Å². The molecule has 1 atom stereocenters. The third-order valence-corrected chi connectivity index (χ3v) is 7.57. The highest BCUT2D eigenvalue weighted by molar-refractivity contribution is 6.46. The van der Waals surface area contributed by atoms with Gasteiger partial charge in [-0.3, -0.25) is 14.5 Å². The van der Waals surface area contributed by atoms with Crippen LogP contribution in [0, 0.1) is 6.92 Å². The van der Waals surface area contributed by atoms with E-state index in [4.69, 9.17) is 21.1 Å². The summed E-state index contributed by atoms with van der Waals surface area (Å²) in [7, 11) is 0. The molecule has 2 aliphatic rings. The van der Waals surface area contributed by atoms with Crippen LogP contribution in [-0.4, -0.2) is 66.0 Å². The highest BCUT2D eigenvalue weighted by Gasteiger charge is 2.45. The van der Waals surface area contributed by atoms with Crippen LogP contribution in [0.25, 0.3) is 5.76 Å². The van der Waals surface area contributed by atoms with Gasteiger partial charge < -0.3 is 19.5 Å². The van der Waals surface area contributed by atoms with Crippen LogP contribution in [0.1, 0.15) is 34.7 Å². The molecular formula is C32H33ClN2O5. The van der Waals surface area contributed by atoms with Crippen LogP contribution < -0.4 is 4.74 Å². The Kier molecular flexibility index (Phi) is 8.85. The number of rotatable bonds is 9. The molecule has 2 aliphatic heterocycles. The van der Waals surface area contributed by atoms with E-state index < -0.39 is 17.7 Å². The first-order valence-electron chi connectivity index (χ1n) is 13.5. The average molecular weight is 561 g/mol. The summed E-state index contributed by atoms with van der Waals surface area (Å²) in [5.41, 5.74) is 3.45. The van der Waals surface area contributed by atoms with Crippen molar-refractivity contribution in [3.63, 3.8) is 0 Å². The number of morpholine rings is 1. The number of aryl methyl sites for hydroxylation is 1. The standard InChI is InChI=1S/C32H33ClN2O5/c1-22-4-2-5-23(20-22)21-40-27-12-8-25(9-13-27)30(36)28-29(24-6-10-26(33)11-7-24)35(32(38)31(28)37)15-3-14-34-16-18-39-19-17-34/h2,4-13,20,29,36H,3,14-19,21H2,1H3. The zero-order valence-corrected chi connectivity index (χ0v) is 23.3. The van der Waals surface area contributed by atoms with Crippen LogP contribution >= 0.6 is 11.6 Å². The van der Waals surface area contributed by atoms with Crippen LogP contribution in [0.5, 0.6) is 5.75 Å². The molecule has 7 nitrogen and oxygen atoms in total. The lowest BCUT2D eigenvalue weighted by molar-refractivity contribution is -0.140. The number of benzene rings is 3. The number of halogens is 1. The molecule has 2 fully saturated rings. The predicted molar refractivity (Wildman–Crippen MR) is 154 cm³/mol. The van der Waals surface area contributed by atoms with E-state index in [9.17, 15) is 14.7 Å². The maximum absolute atomic E-state index is 13.3. The van der Waals surface area contributed by atoms with Gasteiger partial charge in [-0.1, -0.05) is 53.6 Å². The van der Waals surface area contributed by atoms with Crippen LogP contribution in [-0.2, 0) is 20.9 Å². The molecule has 1 N–H and O–H groups in total. The minimum Gasteiger partial charge on any atom is -0.507 e. The summed E-state index contributed by atoms with van der Waals surface area (Å²) in [6.45, 7) is 6.73. The van der Waals surface area contributed by atoms with Gasteiger partial charge in [0.15, 0.2) is 0 Å². The molecule has 208 valence electrons. The fraction of sp³-hybridized carbons (Fsp3) is 0.312. The Labute approximate surface area is 239 Å². The second kappa shape index (κ2) is 12.7. The highest BCUT2D eigenvalue weighted by atomic mass is 35.5. The zero-order valence-electron chi connectivity index (χ0n) is 22.5. The Morgan fingerprint density at radius 1 is 1.00 bits per heavy atom. The normalized spacial score (nSPS) is 19.2. The monoisotopic (exact) mass is 560 g/mol. The Morgan fingerprint density at radius 2 is 1.73 bits per heavy atom. The van der Waals surface area contributed by atoms with E-state index >= 15 is 0 Å². The van der Waals surface area contributed by atoms with Gasteiger partial charge in [-0.15, -0.1) is 0 Å². The zero-order chi connectivity index (χ0) is 28.1. The smallest absolute Gasteiger partial charge is 0.295 e. The van der Waals surface area contributed by atoms with Crippen molar-refractivity contribution in [2.24, 2.45) is 0 Å². The molecule has 8 heteroatoms. The van der Waals surface area contributed by atoms with E-state index in [1.165, 1.54) is 0 Å². The van der Waals surface area contributed by atoms with Crippen molar-refractivity contribution < 1.29 is 24.2 Å². The number of ketones is 1. The van der Waals surface area contributed by atoms with Crippen LogP contribution in [0.15, 0.2) is 78.4 Å². The van der Waals surface area contributed by atoms with E-state index in [0.29, 0.717) is 49.1 Å². The lowest BCUT2D eigenvalue weighted by atomic mass is 9.95. The van der Waals surface area contributed by atoms with Crippen LogP contribution in [0.4, 0.5) is 0 Å². The maximum Gasteiger partial charge on any atom is 0.295 e. The van der Waals surface area contributed by atoms with Gasteiger partial charge in [0.05, 0.1) is 24.8 Å². The average Bonchev–Trinajstić information content (AvgIpc) is 3.22. The quantitative estimate of drug-likeness (QED) is 0.215. The van der Waals surface area contributed by atoms with Crippen molar-refractivity contribution in [1.82, 2.24) is 9.80 Å². The predicted octanol–water partition coefficient (Wildman–Crippen LogP) is 5.37.